The molecule has 3 amide bonds. The van der Waals surface area contributed by atoms with Crippen LogP contribution in [0.25, 0.3) is 0 Å². The van der Waals surface area contributed by atoms with Crippen molar-refractivity contribution in [3.05, 3.63) is 82.9 Å². The number of piperidine rings is 3. The Labute approximate surface area is 335 Å². The average molecular weight is 777 g/mol. The monoisotopic (exact) mass is 776 g/mol. The van der Waals surface area contributed by atoms with Crippen molar-refractivity contribution in [1.82, 2.24) is 15.1 Å². The van der Waals surface area contributed by atoms with E-state index in [1.54, 1.807) is 0 Å². The number of piperazine rings is 1. The van der Waals surface area contributed by atoms with Crippen molar-refractivity contribution in [2.75, 3.05) is 85.5 Å². The van der Waals surface area contributed by atoms with Crippen molar-refractivity contribution >= 4 is 52.1 Å². The Morgan fingerprint density at radius 3 is 2.30 bits per heavy atom. The summed E-state index contributed by atoms with van der Waals surface area (Å²) in [4.78, 5) is 49.5. The molecule has 5 aliphatic heterocycles. The van der Waals surface area contributed by atoms with Gasteiger partial charge in [0.25, 0.3) is 5.91 Å². The highest BCUT2D eigenvalue weighted by Crippen LogP contribution is 2.46. The molecule has 0 radical (unpaired) electrons. The second kappa shape index (κ2) is 16.4. The smallest absolute Gasteiger partial charge is 0.253 e. The Hall–Kier alpha value is -4.79. The molecular formula is C44H53ClN8O3. The number of carbonyl (C=O) groups is 3. The van der Waals surface area contributed by atoms with Crippen molar-refractivity contribution in [2.45, 2.75) is 64.0 Å². The van der Waals surface area contributed by atoms with E-state index in [0.717, 1.165) is 120 Å². The van der Waals surface area contributed by atoms with Gasteiger partial charge in [-0.2, -0.15) is 5.26 Å². The highest BCUT2D eigenvalue weighted by molar-refractivity contribution is 6.32. The zero-order chi connectivity index (χ0) is 38.8. The average Bonchev–Trinajstić information content (AvgIpc) is 3.54. The van der Waals surface area contributed by atoms with E-state index in [2.05, 4.69) is 61.4 Å². The Kier molecular flexibility index (Phi) is 11.1. The molecule has 0 saturated carbocycles. The van der Waals surface area contributed by atoms with Gasteiger partial charge < -0.3 is 24.9 Å². The molecule has 1 spiro atoms. The molecule has 2 atom stereocenters. The van der Waals surface area contributed by atoms with E-state index in [4.69, 9.17) is 11.6 Å². The quantitative estimate of drug-likeness (QED) is 0.267. The van der Waals surface area contributed by atoms with Crippen LogP contribution in [-0.2, 0) is 9.59 Å². The normalized spacial score (nSPS) is 23.3. The van der Waals surface area contributed by atoms with Crippen molar-refractivity contribution < 1.29 is 14.4 Å². The van der Waals surface area contributed by atoms with Gasteiger partial charge in [-0.25, -0.2) is 0 Å². The standard InChI is InChI=1S/C44H53ClN8O3/c1-31-27-44(30-53(31)36-11-8-34(28-46)37(45)26-36)16-20-50(21-17-44)35-9-6-33(7-10-35)43(56)52-18-14-32(15-19-52)29-49-22-24-51(25-23-49)40-5-3-2-4-38(40)47-39-12-13-41(54)48-42(39)55/h2-11,26,31-32,39,47H,12-25,27,29-30H2,1H3,(H,48,54,55)/t31-,39?/m0/s1. The molecule has 294 valence electrons. The van der Waals surface area contributed by atoms with Crippen LogP contribution in [0.5, 0.6) is 0 Å². The van der Waals surface area contributed by atoms with Gasteiger partial charge >= 0.3 is 0 Å². The zero-order valence-corrected chi connectivity index (χ0v) is 33.1. The van der Waals surface area contributed by atoms with Crippen LogP contribution >= 0.6 is 11.6 Å². The second-order valence-corrected chi connectivity index (χ2v) is 17.1. The van der Waals surface area contributed by atoms with Crippen LogP contribution in [-0.4, -0.2) is 105 Å². The number of anilines is 4. The first-order valence-corrected chi connectivity index (χ1v) is 20.8. The molecule has 12 heteroatoms. The summed E-state index contributed by atoms with van der Waals surface area (Å²) in [6.45, 7) is 11.7. The minimum Gasteiger partial charge on any atom is -0.372 e. The van der Waals surface area contributed by atoms with Gasteiger partial charge in [0.2, 0.25) is 11.8 Å². The van der Waals surface area contributed by atoms with Gasteiger partial charge in [0.15, 0.2) is 0 Å². The summed E-state index contributed by atoms with van der Waals surface area (Å²) in [5.74, 6) is 0.251. The lowest BCUT2D eigenvalue weighted by Gasteiger charge is -2.40. The summed E-state index contributed by atoms with van der Waals surface area (Å²) in [7, 11) is 0. The van der Waals surface area contributed by atoms with Crippen LogP contribution < -0.4 is 25.3 Å². The third-order valence-corrected chi connectivity index (χ3v) is 13.4. The van der Waals surface area contributed by atoms with Crippen molar-refractivity contribution in [2.24, 2.45) is 11.3 Å². The summed E-state index contributed by atoms with van der Waals surface area (Å²) in [6.07, 6.45) is 6.30. The molecule has 3 aromatic carbocycles. The number of amides is 3. The summed E-state index contributed by atoms with van der Waals surface area (Å²) in [5, 5.41) is 15.6. The van der Waals surface area contributed by atoms with Crippen molar-refractivity contribution in [1.29, 1.82) is 5.26 Å². The number of likely N-dealkylation sites (tertiary alicyclic amines) is 1. The van der Waals surface area contributed by atoms with Gasteiger partial charge in [-0.3, -0.25) is 24.6 Å². The van der Waals surface area contributed by atoms with E-state index in [-0.39, 0.29) is 23.1 Å². The van der Waals surface area contributed by atoms with Crippen LogP contribution in [0, 0.1) is 22.7 Å². The van der Waals surface area contributed by atoms with Crippen LogP contribution in [0.1, 0.15) is 67.8 Å². The molecule has 0 aliphatic carbocycles. The number of rotatable bonds is 8. The molecule has 2 N–H and O–H groups in total. The first-order chi connectivity index (χ1) is 27.2. The number of benzene rings is 3. The zero-order valence-electron chi connectivity index (χ0n) is 32.4. The molecule has 11 nitrogen and oxygen atoms in total. The highest BCUT2D eigenvalue weighted by Gasteiger charge is 2.44. The first-order valence-electron chi connectivity index (χ1n) is 20.4. The Morgan fingerprint density at radius 2 is 1.61 bits per heavy atom. The van der Waals surface area contributed by atoms with Gasteiger partial charge in [0, 0.05) is 94.8 Å². The number of para-hydroxylation sites is 2. The molecule has 0 bridgehead atoms. The Bertz CT molecular complexity index is 1960. The lowest BCUT2D eigenvalue weighted by Crippen LogP contribution is -2.50. The molecule has 5 heterocycles. The predicted octanol–water partition coefficient (Wildman–Crippen LogP) is 5.99. The molecule has 8 rings (SSSR count). The number of hydrogen-bond donors (Lipinski definition) is 2. The maximum atomic E-state index is 13.6. The van der Waals surface area contributed by atoms with E-state index < -0.39 is 6.04 Å². The minimum atomic E-state index is -0.404. The van der Waals surface area contributed by atoms with Crippen LogP contribution in [0.2, 0.25) is 5.02 Å². The summed E-state index contributed by atoms with van der Waals surface area (Å²) in [6, 6.07) is 24.4. The molecular weight excluding hydrogens is 724 g/mol. The van der Waals surface area contributed by atoms with E-state index in [0.29, 0.717) is 35.4 Å². The molecule has 3 aromatic rings. The highest BCUT2D eigenvalue weighted by atomic mass is 35.5. The van der Waals surface area contributed by atoms with Gasteiger partial charge in [0.05, 0.1) is 22.0 Å². The summed E-state index contributed by atoms with van der Waals surface area (Å²) in [5.41, 5.74) is 5.88. The number of nitriles is 1. The van der Waals surface area contributed by atoms with E-state index in [9.17, 15) is 19.6 Å². The predicted molar refractivity (Wildman–Crippen MR) is 221 cm³/mol. The van der Waals surface area contributed by atoms with Crippen LogP contribution in [0.15, 0.2) is 66.7 Å². The maximum Gasteiger partial charge on any atom is 0.253 e. The van der Waals surface area contributed by atoms with Gasteiger partial charge in [-0.05, 0) is 111 Å². The molecule has 5 saturated heterocycles. The fraction of sp³-hybridized carbons (Fsp3) is 0.500. The molecule has 0 aromatic heterocycles. The summed E-state index contributed by atoms with van der Waals surface area (Å²) >= 11 is 6.38. The van der Waals surface area contributed by atoms with Crippen molar-refractivity contribution in [3.63, 3.8) is 0 Å². The van der Waals surface area contributed by atoms with Gasteiger partial charge in [0.1, 0.15) is 12.1 Å². The van der Waals surface area contributed by atoms with E-state index in [1.807, 2.05) is 53.4 Å². The number of halogens is 1. The largest absolute Gasteiger partial charge is 0.372 e. The number of nitrogens with one attached hydrogen (secondary N) is 2. The first kappa shape index (κ1) is 38.1. The SMILES string of the molecule is C[C@H]1CC2(CCN(c3ccc(C(=O)N4CCC(CN5CCN(c6ccccc6NC6CCC(=O)NC6=O)CC5)CC4)cc3)CC2)CN1c1ccc(C#N)c(Cl)c1. The fourth-order valence-corrected chi connectivity index (χ4v) is 10.00. The topological polar surface area (TPSA) is 115 Å². The molecule has 1 unspecified atom stereocenters. The third-order valence-electron chi connectivity index (χ3n) is 13.1. The van der Waals surface area contributed by atoms with Crippen molar-refractivity contribution in [3.8, 4) is 6.07 Å². The number of carbonyl (C=O) groups excluding carboxylic acids is 3. The molecule has 56 heavy (non-hydrogen) atoms. The lowest BCUT2D eigenvalue weighted by atomic mass is 9.76. The number of nitrogens with zero attached hydrogens (tertiary/aromatic N) is 6. The van der Waals surface area contributed by atoms with Crippen LogP contribution in [0.4, 0.5) is 22.7 Å². The molecule has 5 fully saturated rings. The van der Waals surface area contributed by atoms with E-state index >= 15 is 0 Å². The Morgan fingerprint density at radius 1 is 0.893 bits per heavy atom. The van der Waals surface area contributed by atoms with E-state index in [1.165, 1.54) is 5.69 Å². The molecule has 5 aliphatic rings. The van der Waals surface area contributed by atoms with Gasteiger partial charge in [-0.15, -0.1) is 0 Å². The summed E-state index contributed by atoms with van der Waals surface area (Å²) < 4.78 is 0. The third kappa shape index (κ3) is 8.19. The minimum absolute atomic E-state index is 0.133. The Balaban J connectivity index is 0.773. The second-order valence-electron chi connectivity index (χ2n) is 16.7. The van der Waals surface area contributed by atoms with Gasteiger partial charge in [-0.1, -0.05) is 23.7 Å². The number of hydrogen-bond acceptors (Lipinski definition) is 9. The number of imide groups is 1. The maximum absolute atomic E-state index is 13.6. The van der Waals surface area contributed by atoms with Crippen LogP contribution in [0.3, 0.4) is 0 Å². The fourth-order valence-electron chi connectivity index (χ4n) is 9.78. The lowest BCUT2D eigenvalue weighted by molar-refractivity contribution is -0.133.